The molecule has 0 aromatic carbocycles. The zero-order valence-electron chi connectivity index (χ0n) is 11.4. The van der Waals surface area contributed by atoms with Gasteiger partial charge in [-0.3, -0.25) is 4.68 Å². The van der Waals surface area contributed by atoms with E-state index in [1.54, 1.807) is 0 Å². The van der Waals surface area contributed by atoms with Gasteiger partial charge in [0.25, 0.3) is 0 Å². The zero-order chi connectivity index (χ0) is 13.1. The summed E-state index contributed by atoms with van der Waals surface area (Å²) >= 11 is 0. The molecule has 5 heteroatoms. The molecule has 0 saturated carbocycles. The predicted molar refractivity (Wildman–Crippen MR) is 72.5 cm³/mol. The van der Waals surface area contributed by atoms with Gasteiger partial charge in [0, 0.05) is 24.8 Å². The van der Waals surface area contributed by atoms with Crippen molar-refractivity contribution in [1.82, 2.24) is 20.0 Å². The Bertz CT molecular complexity index is 527. The van der Waals surface area contributed by atoms with E-state index >= 15 is 0 Å². The van der Waals surface area contributed by atoms with Gasteiger partial charge in [-0.25, -0.2) is 0 Å². The van der Waals surface area contributed by atoms with Gasteiger partial charge in [-0.2, -0.15) is 5.10 Å². The minimum Gasteiger partial charge on any atom is -0.369 e. The maximum Gasteiger partial charge on any atom is 0.148 e. The zero-order valence-corrected chi connectivity index (χ0v) is 11.4. The molecule has 18 heavy (non-hydrogen) atoms. The molecular formula is C13H19N5. The fraction of sp³-hybridized carbons (Fsp3) is 0.462. The summed E-state index contributed by atoms with van der Waals surface area (Å²) in [4.78, 5) is 0. The lowest BCUT2D eigenvalue weighted by Gasteiger charge is -2.04. The van der Waals surface area contributed by atoms with E-state index in [-0.39, 0.29) is 0 Å². The minimum atomic E-state index is 0.819. The molecular weight excluding hydrogens is 226 g/mol. The summed E-state index contributed by atoms with van der Waals surface area (Å²) in [6.07, 6.45) is 1.07. The summed E-state index contributed by atoms with van der Waals surface area (Å²) < 4.78 is 1.87. The highest BCUT2D eigenvalue weighted by Crippen LogP contribution is 2.24. The molecule has 0 fully saturated rings. The molecule has 0 spiro atoms. The topological polar surface area (TPSA) is 55.6 Å². The van der Waals surface area contributed by atoms with Crippen LogP contribution in [-0.4, -0.2) is 26.5 Å². The number of rotatable bonds is 4. The maximum absolute atomic E-state index is 4.39. The third kappa shape index (κ3) is 2.34. The van der Waals surface area contributed by atoms with Crippen LogP contribution in [0.3, 0.4) is 0 Å². The average molecular weight is 245 g/mol. The maximum atomic E-state index is 4.39. The highest BCUT2D eigenvalue weighted by Gasteiger charge is 2.13. The van der Waals surface area contributed by atoms with E-state index in [2.05, 4.69) is 27.5 Å². The monoisotopic (exact) mass is 245 g/mol. The molecule has 0 aliphatic carbocycles. The second-order valence-corrected chi connectivity index (χ2v) is 4.40. The standard InChI is InChI=1S/C13H19N5/c1-5-8-14-12-7-6-11(15-16-12)13-9(2)17-18(4)10(13)3/h6-7H,5,8H2,1-4H3,(H,14,16). The Morgan fingerprint density at radius 1 is 1.22 bits per heavy atom. The summed E-state index contributed by atoms with van der Waals surface area (Å²) in [5.41, 5.74) is 4.04. The van der Waals surface area contributed by atoms with Crippen molar-refractivity contribution in [1.29, 1.82) is 0 Å². The van der Waals surface area contributed by atoms with Crippen molar-refractivity contribution in [2.45, 2.75) is 27.2 Å². The van der Waals surface area contributed by atoms with E-state index in [0.717, 1.165) is 41.4 Å². The van der Waals surface area contributed by atoms with Gasteiger partial charge in [-0.15, -0.1) is 10.2 Å². The fourth-order valence-electron chi connectivity index (χ4n) is 1.96. The van der Waals surface area contributed by atoms with Gasteiger partial charge in [0.05, 0.1) is 11.4 Å². The van der Waals surface area contributed by atoms with Gasteiger partial charge >= 0.3 is 0 Å². The fourth-order valence-corrected chi connectivity index (χ4v) is 1.96. The van der Waals surface area contributed by atoms with Crippen LogP contribution in [-0.2, 0) is 7.05 Å². The van der Waals surface area contributed by atoms with Gasteiger partial charge < -0.3 is 5.32 Å². The highest BCUT2D eigenvalue weighted by atomic mass is 15.3. The third-order valence-corrected chi connectivity index (χ3v) is 2.99. The van der Waals surface area contributed by atoms with E-state index in [9.17, 15) is 0 Å². The largest absolute Gasteiger partial charge is 0.369 e. The molecule has 2 aromatic heterocycles. The molecule has 1 N–H and O–H groups in total. The quantitative estimate of drug-likeness (QED) is 0.898. The van der Waals surface area contributed by atoms with Crippen molar-refractivity contribution >= 4 is 5.82 Å². The highest BCUT2D eigenvalue weighted by molar-refractivity contribution is 5.65. The molecule has 0 unspecified atom stereocenters. The first kappa shape index (κ1) is 12.5. The number of nitrogens with one attached hydrogen (secondary N) is 1. The van der Waals surface area contributed by atoms with Crippen LogP contribution in [0.4, 0.5) is 5.82 Å². The molecule has 96 valence electrons. The second-order valence-electron chi connectivity index (χ2n) is 4.40. The van der Waals surface area contributed by atoms with Gasteiger partial charge in [-0.1, -0.05) is 6.92 Å². The van der Waals surface area contributed by atoms with Crippen molar-refractivity contribution < 1.29 is 0 Å². The Morgan fingerprint density at radius 3 is 2.50 bits per heavy atom. The summed E-state index contributed by atoms with van der Waals surface area (Å²) in [6, 6.07) is 3.95. The number of nitrogens with zero attached hydrogens (tertiary/aromatic N) is 4. The lowest BCUT2D eigenvalue weighted by atomic mass is 10.1. The van der Waals surface area contributed by atoms with E-state index in [4.69, 9.17) is 0 Å². The molecule has 5 nitrogen and oxygen atoms in total. The van der Waals surface area contributed by atoms with Crippen molar-refractivity contribution in [2.75, 3.05) is 11.9 Å². The SMILES string of the molecule is CCCNc1ccc(-c2c(C)nn(C)c2C)nn1. The van der Waals surface area contributed by atoms with Crippen molar-refractivity contribution in [3.05, 3.63) is 23.5 Å². The molecule has 0 aliphatic heterocycles. The van der Waals surface area contributed by atoms with Gasteiger partial charge in [-0.05, 0) is 32.4 Å². The third-order valence-electron chi connectivity index (χ3n) is 2.99. The van der Waals surface area contributed by atoms with Gasteiger partial charge in [0.15, 0.2) is 0 Å². The van der Waals surface area contributed by atoms with Crippen LogP contribution >= 0.6 is 0 Å². The van der Waals surface area contributed by atoms with Crippen LogP contribution in [0.1, 0.15) is 24.7 Å². The van der Waals surface area contributed by atoms with E-state index in [1.165, 1.54) is 0 Å². The molecule has 0 saturated heterocycles. The number of hydrogen-bond acceptors (Lipinski definition) is 4. The van der Waals surface area contributed by atoms with Gasteiger partial charge in [0.1, 0.15) is 5.82 Å². The van der Waals surface area contributed by atoms with Gasteiger partial charge in [0.2, 0.25) is 0 Å². The van der Waals surface area contributed by atoms with E-state index in [1.807, 2.05) is 37.7 Å². The van der Waals surface area contributed by atoms with Crippen molar-refractivity contribution in [3.63, 3.8) is 0 Å². The summed E-state index contributed by atoms with van der Waals surface area (Å²) in [5, 5.41) is 16.1. The van der Waals surface area contributed by atoms with Crippen LogP contribution in [0.15, 0.2) is 12.1 Å². The Hall–Kier alpha value is -1.91. The Kier molecular flexibility index (Phi) is 3.60. The molecule has 0 radical (unpaired) electrons. The van der Waals surface area contributed by atoms with Crippen LogP contribution in [0.5, 0.6) is 0 Å². The first-order valence-corrected chi connectivity index (χ1v) is 6.21. The summed E-state index contributed by atoms with van der Waals surface area (Å²) in [7, 11) is 1.94. The van der Waals surface area contributed by atoms with Crippen molar-refractivity contribution in [2.24, 2.45) is 7.05 Å². The molecule has 0 amide bonds. The number of hydrogen-bond donors (Lipinski definition) is 1. The van der Waals surface area contributed by atoms with E-state index in [0.29, 0.717) is 0 Å². The lowest BCUT2D eigenvalue weighted by molar-refractivity contribution is 0.731. The predicted octanol–water partition coefficient (Wildman–Crippen LogP) is 2.32. The second kappa shape index (κ2) is 5.16. The van der Waals surface area contributed by atoms with Crippen LogP contribution < -0.4 is 5.32 Å². The molecule has 0 bridgehead atoms. The normalized spacial score (nSPS) is 10.7. The molecule has 2 aromatic rings. The molecule has 2 heterocycles. The van der Waals surface area contributed by atoms with E-state index < -0.39 is 0 Å². The number of aromatic nitrogens is 4. The Balaban J connectivity index is 2.29. The minimum absolute atomic E-state index is 0.819. The summed E-state index contributed by atoms with van der Waals surface area (Å²) in [6.45, 7) is 7.07. The average Bonchev–Trinajstić information content (AvgIpc) is 2.62. The molecule has 2 rings (SSSR count). The summed E-state index contributed by atoms with van der Waals surface area (Å²) in [5.74, 6) is 0.819. The Morgan fingerprint density at radius 2 is 2.00 bits per heavy atom. The number of anilines is 1. The number of aryl methyl sites for hydroxylation is 2. The van der Waals surface area contributed by atoms with Crippen LogP contribution in [0.2, 0.25) is 0 Å². The smallest absolute Gasteiger partial charge is 0.148 e. The van der Waals surface area contributed by atoms with Crippen LogP contribution in [0, 0.1) is 13.8 Å². The van der Waals surface area contributed by atoms with Crippen molar-refractivity contribution in [3.8, 4) is 11.3 Å². The molecule has 0 atom stereocenters. The lowest BCUT2D eigenvalue weighted by Crippen LogP contribution is -2.03. The Labute approximate surface area is 107 Å². The van der Waals surface area contributed by atoms with Crippen LogP contribution in [0.25, 0.3) is 11.3 Å². The molecule has 0 aliphatic rings. The first-order chi connectivity index (χ1) is 8.63. The first-order valence-electron chi connectivity index (χ1n) is 6.21.